The smallest absolute Gasteiger partial charge is 0.151 e. The Kier molecular flexibility index (Phi) is 5.91. The lowest BCUT2D eigenvalue weighted by Gasteiger charge is -1.79. The molecule has 0 radical (unpaired) electrons. The van der Waals surface area contributed by atoms with Crippen molar-refractivity contribution in [3.05, 3.63) is 32.2 Å². The van der Waals surface area contributed by atoms with Gasteiger partial charge in [-0.2, -0.15) is 10.5 Å². The van der Waals surface area contributed by atoms with Gasteiger partial charge in [0, 0.05) is 23.8 Å². The molecule has 8 heteroatoms. The number of aromatic nitrogens is 2. The highest BCUT2D eigenvalue weighted by Gasteiger charge is 1.96. The molecule has 2 aromatic rings. The number of nitrogens with two attached hydrogens (primary N) is 2. The number of rotatable bonds is 2. The van der Waals surface area contributed by atoms with Gasteiger partial charge in [-0.05, 0) is 0 Å². The lowest BCUT2D eigenvalue weighted by atomic mass is 10.5. The number of hydrogen-bond acceptors (Lipinski definition) is 8. The van der Waals surface area contributed by atoms with E-state index in [0.717, 1.165) is 10.0 Å². The second kappa shape index (κ2) is 7.48. The Balaban J connectivity index is 0.000000180. The van der Waals surface area contributed by atoms with E-state index in [-0.39, 0.29) is 0 Å². The Morgan fingerprint density at radius 1 is 0.944 bits per heavy atom. The Morgan fingerprint density at radius 3 is 1.50 bits per heavy atom. The quantitative estimate of drug-likeness (QED) is 0.842. The van der Waals surface area contributed by atoms with Crippen LogP contribution in [0.4, 0.5) is 0 Å². The summed E-state index contributed by atoms with van der Waals surface area (Å²) in [6, 6.07) is 3.85. The Morgan fingerprint density at radius 2 is 1.33 bits per heavy atom. The zero-order valence-corrected chi connectivity index (χ0v) is 11.0. The highest BCUT2D eigenvalue weighted by Crippen LogP contribution is 2.07. The van der Waals surface area contributed by atoms with Gasteiger partial charge in [0.05, 0.1) is 0 Å². The van der Waals surface area contributed by atoms with Gasteiger partial charge in [0.15, 0.2) is 11.4 Å². The van der Waals surface area contributed by atoms with Gasteiger partial charge in [0.25, 0.3) is 0 Å². The van der Waals surface area contributed by atoms with Crippen LogP contribution in [0.1, 0.15) is 21.4 Å². The van der Waals surface area contributed by atoms with Crippen molar-refractivity contribution in [3.8, 4) is 12.1 Å². The first-order valence-corrected chi connectivity index (χ1v) is 6.58. The van der Waals surface area contributed by atoms with Crippen molar-refractivity contribution in [2.75, 3.05) is 0 Å². The summed E-state index contributed by atoms with van der Waals surface area (Å²) in [5.41, 5.74) is 11.4. The minimum Gasteiger partial charge on any atom is -0.325 e. The SMILES string of the molecule is N#Cc1csc(CN)n1.N#Cc1csc(CN)n1. The van der Waals surface area contributed by atoms with Gasteiger partial charge in [0.1, 0.15) is 22.2 Å². The first kappa shape index (κ1) is 14.2. The summed E-state index contributed by atoms with van der Waals surface area (Å²) in [6.07, 6.45) is 0. The molecule has 0 spiro atoms. The van der Waals surface area contributed by atoms with Crippen LogP contribution in [0.5, 0.6) is 0 Å². The third-order valence-electron chi connectivity index (χ3n) is 1.68. The van der Waals surface area contributed by atoms with Gasteiger partial charge in [-0.25, -0.2) is 9.97 Å². The number of nitriles is 2. The lowest BCUT2D eigenvalue weighted by Crippen LogP contribution is -1.94. The largest absolute Gasteiger partial charge is 0.325 e. The van der Waals surface area contributed by atoms with Crippen molar-refractivity contribution in [2.24, 2.45) is 11.5 Å². The monoisotopic (exact) mass is 278 g/mol. The van der Waals surface area contributed by atoms with E-state index in [1.807, 2.05) is 12.1 Å². The molecule has 0 saturated heterocycles. The second-order valence-corrected chi connectivity index (χ2v) is 4.77. The molecule has 0 bridgehead atoms. The van der Waals surface area contributed by atoms with Gasteiger partial charge in [0.2, 0.25) is 0 Å². The molecule has 2 heterocycles. The summed E-state index contributed by atoms with van der Waals surface area (Å²) in [7, 11) is 0. The minimum absolute atomic E-state index is 0.423. The maximum Gasteiger partial charge on any atom is 0.151 e. The van der Waals surface area contributed by atoms with E-state index in [1.165, 1.54) is 22.7 Å². The third kappa shape index (κ3) is 4.20. The number of thiazole rings is 2. The standard InChI is InChI=1S/2C5H5N3S/c2*6-1-4-3-9-5(2-7)8-4/h2*3H,2,7H2. The van der Waals surface area contributed by atoms with Crippen LogP contribution in [0.15, 0.2) is 10.8 Å². The molecule has 0 aliphatic rings. The molecule has 0 amide bonds. The van der Waals surface area contributed by atoms with E-state index in [0.29, 0.717) is 24.5 Å². The summed E-state index contributed by atoms with van der Waals surface area (Å²) in [4.78, 5) is 7.76. The van der Waals surface area contributed by atoms with Crippen molar-refractivity contribution in [1.29, 1.82) is 10.5 Å². The molecule has 4 N–H and O–H groups in total. The molecule has 18 heavy (non-hydrogen) atoms. The average molecular weight is 278 g/mol. The van der Waals surface area contributed by atoms with E-state index in [1.54, 1.807) is 10.8 Å². The number of nitrogens with zero attached hydrogens (tertiary/aromatic N) is 4. The summed E-state index contributed by atoms with van der Waals surface area (Å²) in [5.74, 6) is 0. The topological polar surface area (TPSA) is 125 Å². The molecule has 2 rings (SSSR count). The highest BCUT2D eigenvalue weighted by molar-refractivity contribution is 7.09. The van der Waals surface area contributed by atoms with E-state index in [4.69, 9.17) is 22.0 Å². The van der Waals surface area contributed by atoms with E-state index < -0.39 is 0 Å². The predicted molar refractivity (Wildman–Crippen MR) is 69.4 cm³/mol. The van der Waals surface area contributed by atoms with Crippen molar-refractivity contribution in [3.63, 3.8) is 0 Å². The summed E-state index contributed by atoms with van der Waals surface area (Å²) in [5, 5.41) is 21.6. The molecule has 0 fully saturated rings. The van der Waals surface area contributed by atoms with Crippen LogP contribution in [0.2, 0.25) is 0 Å². The Hall–Kier alpha value is -1.84. The summed E-state index contributed by atoms with van der Waals surface area (Å²) < 4.78 is 0. The zero-order chi connectivity index (χ0) is 13.4. The molecular formula is C10H10N6S2. The van der Waals surface area contributed by atoms with Crippen LogP contribution in [-0.2, 0) is 13.1 Å². The fourth-order valence-electron chi connectivity index (χ4n) is 0.912. The Labute approximate surface area is 112 Å². The molecule has 2 aromatic heterocycles. The average Bonchev–Trinajstić information content (AvgIpc) is 3.07. The van der Waals surface area contributed by atoms with Gasteiger partial charge in [-0.1, -0.05) is 0 Å². The van der Waals surface area contributed by atoms with Crippen molar-refractivity contribution in [2.45, 2.75) is 13.1 Å². The molecule has 6 nitrogen and oxygen atoms in total. The van der Waals surface area contributed by atoms with E-state index in [2.05, 4.69) is 9.97 Å². The first-order valence-electron chi connectivity index (χ1n) is 4.82. The van der Waals surface area contributed by atoms with Gasteiger partial charge >= 0.3 is 0 Å². The molecule has 0 atom stereocenters. The second-order valence-electron chi connectivity index (χ2n) is 2.88. The van der Waals surface area contributed by atoms with Crippen LogP contribution >= 0.6 is 22.7 Å². The van der Waals surface area contributed by atoms with E-state index >= 15 is 0 Å². The van der Waals surface area contributed by atoms with Gasteiger partial charge in [-0.3, -0.25) is 0 Å². The van der Waals surface area contributed by atoms with Crippen LogP contribution < -0.4 is 11.5 Å². The fourth-order valence-corrected chi connectivity index (χ4v) is 2.11. The van der Waals surface area contributed by atoms with Crippen LogP contribution in [0.25, 0.3) is 0 Å². The first-order chi connectivity index (χ1) is 8.73. The highest BCUT2D eigenvalue weighted by atomic mass is 32.1. The maximum atomic E-state index is 8.30. The molecule has 92 valence electrons. The zero-order valence-electron chi connectivity index (χ0n) is 9.33. The molecule has 0 aliphatic carbocycles. The van der Waals surface area contributed by atoms with Crippen molar-refractivity contribution < 1.29 is 0 Å². The summed E-state index contributed by atoms with van der Waals surface area (Å²) >= 11 is 2.83. The lowest BCUT2D eigenvalue weighted by molar-refractivity contribution is 1.03. The normalized spacial score (nSPS) is 8.89. The van der Waals surface area contributed by atoms with Crippen molar-refractivity contribution >= 4 is 22.7 Å². The van der Waals surface area contributed by atoms with Gasteiger partial charge in [-0.15, -0.1) is 22.7 Å². The maximum absolute atomic E-state index is 8.30. The minimum atomic E-state index is 0.423. The van der Waals surface area contributed by atoms with E-state index in [9.17, 15) is 0 Å². The van der Waals surface area contributed by atoms with Crippen molar-refractivity contribution in [1.82, 2.24) is 9.97 Å². The number of hydrogen-bond donors (Lipinski definition) is 2. The fraction of sp³-hybridized carbons (Fsp3) is 0.200. The van der Waals surface area contributed by atoms with Crippen LogP contribution in [0.3, 0.4) is 0 Å². The third-order valence-corrected chi connectivity index (χ3v) is 3.42. The summed E-state index contributed by atoms with van der Waals surface area (Å²) in [6.45, 7) is 0.846. The molecular weight excluding hydrogens is 268 g/mol. The van der Waals surface area contributed by atoms with Crippen LogP contribution in [-0.4, -0.2) is 9.97 Å². The Bertz CT molecular complexity index is 521. The van der Waals surface area contributed by atoms with Crippen LogP contribution in [0, 0.1) is 22.7 Å². The molecule has 0 saturated carbocycles. The molecule has 0 aromatic carbocycles. The predicted octanol–water partition coefficient (Wildman–Crippen LogP) is 0.947. The molecule has 0 aliphatic heterocycles. The van der Waals surface area contributed by atoms with Gasteiger partial charge < -0.3 is 11.5 Å². The molecule has 0 unspecified atom stereocenters.